The van der Waals surface area contributed by atoms with Gasteiger partial charge in [-0.2, -0.15) is 0 Å². The fourth-order valence-corrected chi connectivity index (χ4v) is 3.13. The van der Waals surface area contributed by atoms with E-state index in [1.54, 1.807) is 0 Å². The zero-order chi connectivity index (χ0) is 19.8. The molecule has 0 spiro atoms. The molecule has 3 aromatic rings. The summed E-state index contributed by atoms with van der Waals surface area (Å²) in [5, 5.41) is 0. The van der Waals surface area contributed by atoms with Gasteiger partial charge >= 0.3 is 0 Å². The van der Waals surface area contributed by atoms with E-state index in [1.807, 2.05) is 45.0 Å². The molecular weight excluding hydrogens is 302 g/mol. The molecule has 0 aliphatic carbocycles. The highest BCUT2D eigenvalue weighted by Gasteiger charge is 2.15. The van der Waals surface area contributed by atoms with Crippen molar-refractivity contribution in [3.8, 4) is 22.4 Å². The van der Waals surface area contributed by atoms with Gasteiger partial charge in [-0.05, 0) is 47.5 Å². The Morgan fingerprint density at radius 1 is 0.920 bits per heavy atom. The minimum absolute atomic E-state index is 0.467. The number of pyridine rings is 1. The van der Waals surface area contributed by atoms with Gasteiger partial charge in [0, 0.05) is 19.9 Å². The average Bonchev–Trinajstić information content (AvgIpc) is 2.61. The van der Waals surface area contributed by atoms with Crippen molar-refractivity contribution in [1.82, 2.24) is 0 Å². The zero-order valence-electron chi connectivity index (χ0n) is 17.8. The Morgan fingerprint density at radius 3 is 2.36 bits per heavy atom. The Labute approximate surface area is 154 Å². The Kier molecular flexibility index (Phi) is 4.07. The molecule has 0 saturated heterocycles. The number of aromatic nitrogens is 1. The maximum Gasteiger partial charge on any atom is 0.212 e. The van der Waals surface area contributed by atoms with Crippen LogP contribution in [0.5, 0.6) is 0 Å². The summed E-state index contributed by atoms with van der Waals surface area (Å²) < 4.78 is 19.2. The van der Waals surface area contributed by atoms with Gasteiger partial charge in [0.25, 0.3) is 0 Å². The lowest BCUT2D eigenvalue weighted by Crippen LogP contribution is -2.30. The monoisotopic (exact) mass is 332 g/mol. The minimum atomic E-state index is -1.40. The molecule has 0 N–H and O–H groups in total. The smallest absolute Gasteiger partial charge is 0.200 e. The van der Waals surface area contributed by atoms with E-state index in [0.717, 1.165) is 22.4 Å². The van der Waals surface area contributed by atoms with Crippen molar-refractivity contribution >= 4 is 0 Å². The maximum absolute atomic E-state index is 8.55. The molecule has 1 nitrogen and oxygen atoms in total. The summed E-state index contributed by atoms with van der Waals surface area (Å²) in [5.41, 5.74) is 6.01. The molecule has 1 heterocycles. The molecule has 0 radical (unpaired) electrons. The van der Waals surface area contributed by atoms with Crippen LogP contribution in [-0.4, -0.2) is 0 Å². The van der Waals surface area contributed by atoms with E-state index in [4.69, 9.17) is 2.74 Å². The van der Waals surface area contributed by atoms with Gasteiger partial charge in [-0.1, -0.05) is 63.2 Å². The highest BCUT2D eigenvalue weighted by Crippen LogP contribution is 2.26. The Balaban J connectivity index is 2.03. The van der Waals surface area contributed by atoms with Crippen molar-refractivity contribution in [1.29, 1.82) is 0 Å². The summed E-state index contributed by atoms with van der Waals surface area (Å²) in [6, 6.07) is 20.5. The van der Waals surface area contributed by atoms with Crippen molar-refractivity contribution in [2.24, 2.45) is 12.5 Å². The summed E-state index contributed by atoms with van der Waals surface area (Å²) in [4.78, 5) is 0. The van der Waals surface area contributed by atoms with Crippen LogP contribution in [0.1, 0.15) is 34.6 Å². The number of hydrogen-bond acceptors (Lipinski definition) is 0. The van der Waals surface area contributed by atoms with Gasteiger partial charge in [-0.3, -0.25) is 0 Å². The third-order valence-electron chi connectivity index (χ3n) is 4.27. The third-order valence-corrected chi connectivity index (χ3v) is 4.27. The Morgan fingerprint density at radius 2 is 1.68 bits per heavy atom. The quantitative estimate of drug-likeness (QED) is 0.538. The van der Waals surface area contributed by atoms with Crippen molar-refractivity contribution in [2.45, 2.75) is 34.1 Å². The standard InChI is InChI=1S/C24H28N/c1-18-9-6-7-12-22(18)23-14-13-21(17-25(23)5)20-11-8-10-19(15-20)16-24(2,3)4/h6-15,17H,16H2,1-5H3/q+1/i16D2. The number of aryl methyl sites for hydroxylation is 2. The summed E-state index contributed by atoms with van der Waals surface area (Å²) >= 11 is 0. The van der Waals surface area contributed by atoms with Crippen LogP contribution in [0.4, 0.5) is 0 Å². The SMILES string of the molecule is [2H]C([2H])(c1cccc(-c2ccc(-c3ccccc3C)[n+](C)c2)c1)C(C)(C)C. The van der Waals surface area contributed by atoms with Crippen LogP contribution < -0.4 is 4.57 Å². The van der Waals surface area contributed by atoms with Gasteiger partial charge in [0.15, 0.2) is 6.20 Å². The van der Waals surface area contributed by atoms with Gasteiger partial charge in [0.2, 0.25) is 5.69 Å². The minimum Gasteiger partial charge on any atom is -0.200 e. The topological polar surface area (TPSA) is 3.88 Å². The largest absolute Gasteiger partial charge is 0.212 e. The predicted octanol–water partition coefficient (Wildman–Crippen LogP) is 5.74. The van der Waals surface area contributed by atoms with Gasteiger partial charge in [-0.25, -0.2) is 4.57 Å². The van der Waals surface area contributed by atoms with Crippen LogP contribution in [0.2, 0.25) is 0 Å². The molecule has 0 aliphatic heterocycles. The van der Waals surface area contributed by atoms with E-state index in [0.29, 0.717) is 0 Å². The van der Waals surface area contributed by atoms with E-state index in [-0.39, 0.29) is 0 Å². The lowest BCUT2D eigenvalue weighted by molar-refractivity contribution is -0.659. The molecule has 0 unspecified atom stereocenters. The van der Waals surface area contributed by atoms with Gasteiger partial charge in [0.05, 0.1) is 0 Å². The number of nitrogens with zero attached hydrogens (tertiary/aromatic N) is 1. The van der Waals surface area contributed by atoms with Crippen LogP contribution in [0.25, 0.3) is 22.4 Å². The van der Waals surface area contributed by atoms with Gasteiger partial charge < -0.3 is 0 Å². The van der Waals surface area contributed by atoms with E-state index in [9.17, 15) is 0 Å². The molecule has 2 aromatic carbocycles. The molecule has 128 valence electrons. The molecule has 0 bridgehead atoms. The third kappa shape index (κ3) is 4.17. The summed E-state index contributed by atoms with van der Waals surface area (Å²) in [5.74, 6) is 0. The van der Waals surface area contributed by atoms with E-state index in [1.165, 1.54) is 11.1 Å². The molecule has 0 aliphatic rings. The normalized spacial score (nSPS) is 13.3. The molecule has 1 heteroatoms. The van der Waals surface area contributed by atoms with Crippen LogP contribution in [-0.2, 0) is 13.4 Å². The van der Waals surface area contributed by atoms with E-state index < -0.39 is 11.8 Å². The fraction of sp³-hybridized carbons (Fsp3) is 0.292. The number of rotatable bonds is 3. The van der Waals surface area contributed by atoms with Gasteiger partial charge in [-0.15, -0.1) is 0 Å². The Hall–Kier alpha value is -2.41. The van der Waals surface area contributed by atoms with Crippen LogP contribution in [0, 0.1) is 12.3 Å². The first-order valence-corrected chi connectivity index (χ1v) is 8.78. The van der Waals surface area contributed by atoms with Crippen molar-refractivity contribution < 1.29 is 7.31 Å². The fourth-order valence-electron chi connectivity index (χ4n) is 3.13. The van der Waals surface area contributed by atoms with Gasteiger partial charge in [0.1, 0.15) is 7.05 Å². The second-order valence-corrected chi connectivity index (χ2v) is 7.68. The van der Waals surface area contributed by atoms with Crippen molar-refractivity contribution in [2.75, 3.05) is 0 Å². The predicted molar refractivity (Wildman–Crippen MR) is 106 cm³/mol. The second kappa shape index (κ2) is 6.84. The van der Waals surface area contributed by atoms with E-state index >= 15 is 0 Å². The lowest BCUT2D eigenvalue weighted by Gasteiger charge is -2.18. The molecule has 3 rings (SSSR count). The van der Waals surface area contributed by atoms with Crippen LogP contribution in [0.3, 0.4) is 0 Å². The first kappa shape index (κ1) is 14.9. The lowest BCUT2D eigenvalue weighted by atomic mass is 9.87. The molecule has 0 saturated carbocycles. The molecular formula is C24H28N+. The highest BCUT2D eigenvalue weighted by molar-refractivity contribution is 5.66. The second-order valence-electron chi connectivity index (χ2n) is 7.68. The first-order chi connectivity index (χ1) is 12.6. The van der Waals surface area contributed by atoms with Crippen molar-refractivity contribution in [3.63, 3.8) is 0 Å². The highest BCUT2D eigenvalue weighted by atomic mass is 14.9. The number of benzene rings is 2. The molecule has 1 aromatic heterocycles. The Bertz CT molecular complexity index is 968. The number of hydrogen-bond donors (Lipinski definition) is 0. The van der Waals surface area contributed by atoms with Crippen LogP contribution in [0.15, 0.2) is 66.9 Å². The van der Waals surface area contributed by atoms with Crippen molar-refractivity contribution in [3.05, 3.63) is 78.0 Å². The molecule has 0 amide bonds. The first-order valence-electron chi connectivity index (χ1n) is 9.78. The average molecular weight is 333 g/mol. The molecule has 0 atom stereocenters. The summed E-state index contributed by atoms with van der Waals surface area (Å²) in [6.07, 6.45) is 0.722. The molecule has 25 heavy (non-hydrogen) atoms. The van der Waals surface area contributed by atoms with Crippen LogP contribution >= 0.6 is 0 Å². The van der Waals surface area contributed by atoms with E-state index in [2.05, 4.69) is 61.1 Å². The summed E-state index contributed by atoms with van der Waals surface area (Å²) in [7, 11) is 2.06. The molecule has 0 fully saturated rings. The zero-order valence-corrected chi connectivity index (χ0v) is 15.8. The summed E-state index contributed by atoms with van der Waals surface area (Å²) in [6.45, 7) is 7.95. The maximum atomic E-state index is 8.55.